The summed E-state index contributed by atoms with van der Waals surface area (Å²) in [5.41, 5.74) is -0.0741. The number of nitrogens with one attached hydrogen (secondary N) is 1. The molecule has 60 valence electrons. The fourth-order valence-electron chi connectivity index (χ4n) is 0.775. The lowest BCUT2D eigenvalue weighted by Crippen LogP contribution is -2.42. The molecule has 0 heterocycles. The van der Waals surface area contributed by atoms with Gasteiger partial charge in [-0.15, -0.1) is 0 Å². The van der Waals surface area contributed by atoms with Crippen LogP contribution in [0.5, 0.6) is 0 Å². The van der Waals surface area contributed by atoms with Gasteiger partial charge >= 0.3 is 0 Å². The highest BCUT2D eigenvalue weighted by Gasteiger charge is 2.16. The van der Waals surface area contributed by atoms with Crippen LogP contribution in [-0.2, 0) is 4.79 Å². The highest BCUT2D eigenvalue weighted by molar-refractivity contribution is 9.09. The van der Waals surface area contributed by atoms with E-state index in [1.54, 1.807) is 0 Å². The normalized spacial score (nSPS) is 11.2. The van der Waals surface area contributed by atoms with Gasteiger partial charge < -0.3 is 5.32 Å². The van der Waals surface area contributed by atoms with Crippen LogP contribution in [0.4, 0.5) is 0 Å². The lowest BCUT2D eigenvalue weighted by Gasteiger charge is -2.24. The Labute approximate surface area is 70.5 Å². The Morgan fingerprint density at radius 1 is 1.60 bits per heavy atom. The van der Waals surface area contributed by atoms with Gasteiger partial charge in [0.2, 0.25) is 5.91 Å². The van der Waals surface area contributed by atoms with Crippen LogP contribution in [-0.4, -0.2) is 16.8 Å². The molecule has 0 unspecified atom stereocenters. The van der Waals surface area contributed by atoms with E-state index in [9.17, 15) is 4.79 Å². The number of hydrogen-bond acceptors (Lipinski definition) is 1. The van der Waals surface area contributed by atoms with Gasteiger partial charge in [0, 0.05) is 17.8 Å². The summed E-state index contributed by atoms with van der Waals surface area (Å²) in [5.74, 6) is 0.0333. The van der Waals surface area contributed by atoms with E-state index in [0.717, 1.165) is 11.8 Å². The molecule has 0 aromatic carbocycles. The predicted octanol–water partition coefficient (Wildman–Crippen LogP) is 1.69. The van der Waals surface area contributed by atoms with Gasteiger partial charge in [0.05, 0.1) is 0 Å². The van der Waals surface area contributed by atoms with E-state index in [2.05, 4.69) is 21.2 Å². The van der Waals surface area contributed by atoms with Crippen LogP contribution in [0.15, 0.2) is 0 Å². The first-order chi connectivity index (χ1) is 4.48. The molecule has 0 aliphatic heterocycles. The topological polar surface area (TPSA) is 29.1 Å². The van der Waals surface area contributed by atoms with Crippen LogP contribution >= 0.6 is 15.9 Å². The summed E-state index contributed by atoms with van der Waals surface area (Å²) in [5, 5.41) is 3.77. The molecule has 0 bridgehead atoms. The van der Waals surface area contributed by atoms with E-state index >= 15 is 0 Å². The Balaban J connectivity index is 3.74. The van der Waals surface area contributed by atoms with E-state index in [1.807, 2.05) is 13.8 Å². The fourth-order valence-corrected chi connectivity index (χ4v) is 1.77. The average molecular weight is 208 g/mol. The van der Waals surface area contributed by atoms with Crippen molar-refractivity contribution in [1.29, 1.82) is 0 Å². The van der Waals surface area contributed by atoms with Gasteiger partial charge in [0.15, 0.2) is 0 Å². The zero-order valence-corrected chi connectivity index (χ0v) is 8.29. The molecule has 0 aliphatic rings. The monoisotopic (exact) mass is 207 g/mol. The smallest absolute Gasteiger partial charge is 0.217 e. The third-order valence-corrected chi connectivity index (χ3v) is 1.63. The molecule has 10 heavy (non-hydrogen) atoms. The molecule has 1 N–H and O–H groups in total. The molecule has 3 heteroatoms. The van der Waals surface area contributed by atoms with Crippen molar-refractivity contribution in [3.8, 4) is 0 Å². The summed E-state index contributed by atoms with van der Waals surface area (Å²) in [7, 11) is 0. The standard InChI is InChI=1S/C7H14BrNO/c1-6(10)9-7(2,3)4-5-8/h4-5H2,1-3H3,(H,9,10). The van der Waals surface area contributed by atoms with Crippen molar-refractivity contribution in [3.63, 3.8) is 0 Å². The molecule has 0 rings (SSSR count). The van der Waals surface area contributed by atoms with E-state index in [1.165, 1.54) is 6.92 Å². The Kier molecular flexibility index (Phi) is 3.94. The van der Waals surface area contributed by atoms with Gasteiger partial charge in [0.25, 0.3) is 0 Å². The maximum Gasteiger partial charge on any atom is 0.217 e. The third kappa shape index (κ3) is 4.79. The van der Waals surface area contributed by atoms with Crippen LogP contribution < -0.4 is 5.32 Å². The van der Waals surface area contributed by atoms with Crippen LogP contribution in [0.3, 0.4) is 0 Å². The molecule has 0 aromatic heterocycles. The maximum absolute atomic E-state index is 10.6. The zero-order valence-electron chi connectivity index (χ0n) is 6.70. The van der Waals surface area contributed by atoms with Gasteiger partial charge in [-0.2, -0.15) is 0 Å². The number of carbonyl (C=O) groups excluding carboxylic acids is 1. The second-order valence-corrected chi connectivity index (χ2v) is 3.80. The number of amides is 1. The largest absolute Gasteiger partial charge is 0.351 e. The van der Waals surface area contributed by atoms with Crippen molar-refractivity contribution in [2.75, 3.05) is 5.33 Å². The summed E-state index contributed by atoms with van der Waals surface area (Å²) in [6.07, 6.45) is 0.951. The van der Waals surface area contributed by atoms with E-state index in [4.69, 9.17) is 0 Å². The van der Waals surface area contributed by atoms with Crippen LogP contribution in [0.25, 0.3) is 0 Å². The Hall–Kier alpha value is -0.0500. The second kappa shape index (κ2) is 3.96. The molecule has 0 radical (unpaired) electrons. The van der Waals surface area contributed by atoms with E-state index < -0.39 is 0 Å². The van der Waals surface area contributed by atoms with E-state index in [0.29, 0.717) is 0 Å². The predicted molar refractivity (Wildman–Crippen MR) is 46.3 cm³/mol. The van der Waals surface area contributed by atoms with Crippen molar-refractivity contribution < 1.29 is 4.79 Å². The number of alkyl halides is 1. The van der Waals surface area contributed by atoms with Crippen molar-refractivity contribution in [2.45, 2.75) is 32.7 Å². The van der Waals surface area contributed by atoms with Gasteiger partial charge in [-0.1, -0.05) is 15.9 Å². The molecule has 0 saturated carbocycles. The van der Waals surface area contributed by atoms with Crippen LogP contribution in [0.1, 0.15) is 27.2 Å². The quantitative estimate of drug-likeness (QED) is 0.702. The minimum atomic E-state index is -0.0741. The van der Waals surface area contributed by atoms with Crippen molar-refractivity contribution in [2.24, 2.45) is 0 Å². The molecule has 2 nitrogen and oxygen atoms in total. The Bertz CT molecular complexity index is 123. The first-order valence-electron chi connectivity index (χ1n) is 3.32. The first-order valence-corrected chi connectivity index (χ1v) is 4.45. The molecule has 0 saturated heterocycles. The van der Waals surface area contributed by atoms with Gasteiger partial charge in [-0.3, -0.25) is 4.79 Å². The molecule has 0 spiro atoms. The summed E-state index contributed by atoms with van der Waals surface area (Å²) in [6, 6.07) is 0. The van der Waals surface area contributed by atoms with E-state index in [-0.39, 0.29) is 11.4 Å². The molecule has 0 aromatic rings. The number of halogens is 1. The molecule has 0 aliphatic carbocycles. The van der Waals surface area contributed by atoms with Crippen LogP contribution in [0, 0.1) is 0 Å². The Morgan fingerprint density at radius 3 is 2.40 bits per heavy atom. The number of rotatable bonds is 3. The highest BCUT2D eigenvalue weighted by Crippen LogP contribution is 2.09. The number of hydrogen-bond donors (Lipinski definition) is 1. The molecule has 0 fully saturated rings. The highest BCUT2D eigenvalue weighted by atomic mass is 79.9. The van der Waals surface area contributed by atoms with Crippen LogP contribution in [0.2, 0.25) is 0 Å². The average Bonchev–Trinajstić information content (AvgIpc) is 1.59. The Morgan fingerprint density at radius 2 is 2.10 bits per heavy atom. The summed E-state index contributed by atoms with van der Waals surface area (Å²) < 4.78 is 0. The van der Waals surface area contributed by atoms with Gasteiger partial charge in [-0.05, 0) is 20.3 Å². The summed E-state index contributed by atoms with van der Waals surface area (Å²) in [4.78, 5) is 10.6. The molecular weight excluding hydrogens is 194 g/mol. The zero-order chi connectivity index (χ0) is 8.20. The van der Waals surface area contributed by atoms with Crippen molar-refractivity contribution >= 4 is 21.8 Å². The second-order valence-electron chi connectivity index (χ2n) is 3.00. The maximum atomic E-state index is 10.6. The van der Waals surface area contributed by atoms with Gasteiger partial charge in [-0.25, -0.2) is 0 Å². The first kappa shape index (κ1) is 9.95. The molecular formula is C7H14BrNO. The third-order valence-electron chi connectivity index (χ3n) is 1.23. The molecule has 0 atom stereocenters. The summed E-state index contributed by atoms with van der Waals surface area (Å²) in [6.45, 7) is 5.56. The SMILES string of the molecule is CC(=O)NC(C)(C)CCBr. The minimum Gasteiger partial charge on any atom is -0.351 e. The lowest BCUT2D eigenvalue weighted by atomic mass is 10.0. The van der Waals surface area contributed by atoms with Crippen molar-refractivity contribution in [1.82, 2.24) is 5.32 Å². The summed E-state index contributed by atoms with van der Waals surface area (Å²) >= 11 is 3.32. The van der Waals surface area contributed by atoms with Gasteiger partial charge in [0.1, 0.15) is 0 Å². The minimum absolute atomic E-state index is 0.0333. The molecule has 1 amide bonds. The fraction of sp³-hybridized carbons (Fsp3) is 0.857. The van der Waals surface area contributed by atoms with Crippen molar-refractivity contribution in [3.05, 3.63) is 0 Å². The lowest BCUT2D eigenvalue weighted by molar-refractivity contribution is -0.120. The number of carbonyl (C=O) groups is 1.